The van der Waals surface area contributed by atoms with Gasteiger partial charge in [0.25, 0.3) is 0 Å². The van der Waals surface area contributed by atoms with Crippen molar-refractivity contribution < 1.29 is 27.5 Å². The van der Waals surface area contributed by atoms with Crippen molar-refractivity contribution in [1.29, 1.82) is 0 Å². The van der Waals surface area contributed by atoms with Crippen LogP contribution < -0.4 is 17.3 Å². The minimum Gasteiger partial charge on any atom is -1.00 e. The Hall–Kier alpha value is 0.170. The average Bonchev–Trinajstić information content (AvgIpc) is 2.31. The molecule has 0 fully saturated rings. The molecule has 0 aliphatic rings. The van der Waals surface area contributed by atoms with E-state index >= 15 is 0 Å². The topological polar surface area (TPSA) is 44.9 Å². The summed E-state index contributed by atoms with van der Waals surface area (Å²) in [6, 6.07) is 0. The zero-order valence-electron chi connectivity index (χ0n) is 12.1. The molecule has 0 aromatic carbocycles. The molecular formula is C14H32ClNO2. The molecule has 1 unspecified atom stereocenters. The number of aliphatic hydroxyl groups excluding tert-OH is 1. The van der Waals surface area contributed by atoms with Gasteiger partial charge in [-0.2, -0.15) is 0 Å². The highest BCUT2D eigenvalue weighted by atomic mass is 35.5. The summed E-state index contributed by atoms with van der Waals surface area (Å²) in [7, 11) is 1.82. The summed E-state index contributed by atoms with van der Waals surface area (Å²) in [6.07, 6.45) is 12.0. The summed E-state index contributed by atoms with van der Waals surface area (Å²) in [5.74, 6) is 0. The molecule has 3 N–H and O–H groups in total. The number of aliphatic hydroxyl groups is 2. The summed E-state index contributed by atoms with van der Waals surface area (Å²) >= 11 is 0. The van der Waals surface area contributed by atoms with Gasteiger partial charge in [0.05, 0.1) is 13.6 Å². The van der Waals surface area contributed by atoms with Crippen LogP contribution in [0.15, 0.2) is 0 Å². The van der Waals surface area contributed by atoms with Gasteiger partial charge in [0.2, 0.25) is 0 Å². The molecule has 0 rings (SSSR count). The van der Waals surface area contributed by atoms with E-state index in [1.807, 2.05) is 7.05 Å². The van der Waals surface area contributed by atoms with Crippen molar-refractivity contribution in [2.75, 3.05) is 13.6 Å². The van der Waals surface area contributed by atoms with E-state index in [4.69, 9.17) is 10.2 Å². The normalized spacial score (nSPS) is 12.5. The lowest BCUT2D eigenvalue weighted by Crippen LogP contribution is -3.13. The van der Waals surface area contributed by atoms with Crippen LogP contribution in [0.25, 0.3) is 0 Å². The van der Waals surface area contributed by atoms with Crippen LogP contribution in [0.5, 0.6) is 0 Å². The molecule has 0 aliphatic heterocycles. The number of quaternary nitrogens is 1. The van der Waals surface area contributed by atoms with Crippen molar-refractivity contribution in [3.05, 3.63) is 0 Å². The van der Waals surface area contributed by atoms with Gasteiger partial charge >= 0.3 is 6.41 Å². The third-order valence-electron chi connectivity index (χ3n) is 3.37. The van der Waals surface area contributed by atoms with Crippen molar-refractivity contribution in [1.82, 2.24) is 0 Å². The van der Waals surface area contributed by atoms with Crippen LogP contribution in [0.2, 0.25) is 0 Å². The second-order valence-corrected chi connectivity index (χ2v) is 5.15. The first-order valence-corrected chi connectivity index (χ1v) is 7.37. The first kappa shape index (κ1) is 20.5. The Morgan fingerprint density at radius 2 is 1.17 bits per heavy atom. The van der Waals surface area contributed by atoms with Gasteiger partial charge in [0.1, 0.15) is 0 Å². The summed E-state index contributed by atoms with van der Waals surface area (Å²) < 4.78 is 0. The molecule has 1 atom stereocenters. The van der Waals surface area contributed by atoms with Gasteiger partial charge in [0, 0.05) is 0 Å². The van der Waals surface area contributed by atoms with Crippen LogP contribution in [0.4, 0.5) is 0 Å². The maximum absolute atomic E-state index is 8.88. The van der Waals surface area contributed by atoms with Crippen LogP contribution in [-0.2, 0) is 0 Å². The maximum atomic E-state index is 8.88. The highest BCUT2D eigenvalue weighted by Crippen LogP contribution is 2.09. The first-order valence-electron chi connectivity index (χ1n) is 7.37. The minimum atomic E-state index is -1.21. The van der Waals surface area contributed by atoms with Crippen LogP contribution in [0, 0.1) is 0 Å². The Kier molecular flexibility index (Phi) is 17.3. The number of nitrogens with one attached hydrogen (secondary N) is 1. The fourth-order valence-electron chi connectivity index (χ4n) is 2.02. The zero-order chi connectivity index (χ0) is 12.9. The van der Waals surface area contributed by atoms with Gasteiger partial charge in [-0.15, -0.1) is 0 Å². The lowest BCUT2D eigenvalue weighted by Gasteiger charge is -2.14. The molecule has 4 heteroatoms. The molecule has 3 nitrogen and oxygen atoms in total. The third-order valence-corrected chi connectivity index (χ3v) is 3.37. The molecule has 0 amide bonds. The number of hydrogen-bond acceptors (Lipinski definition) is 2. The van der Waals surface area contributed by atoms with Crippen LogP contribution in [0.1, 0.15) is 71.1 Å². The summed E-state index contributed by atoms with van der Waals surface area (Å²) in [6.45, 7) is 3.11. The Morgan fingerprint density at radius 1 is 0.778 bits per heavy atom. The molecule has 0 saturated heterocycles. The van der Waals surface area contributed by atoms with Gasteiger partial charge < -0.3 is 22.6 Å². The molecule has 0 heterocycles. The molecule has 18 heavy (non-hydrogen) atoms. The van der Waals surface area contributed by atoms with E-state index in [0.29, 0.717) is 0 Å². The molecule has 0 aromatic rings. The molecule has 112 valence electrons. The molecule has 0 bridgehead atoms. The largest absolute Gasteiger partial charge is 1.00 e. The third kappa shape index (κ3) is 14.2. The van der Waals surface area contributed by atoms with Crippen LogP contribution in [0.3, 0.4) is 0 Å². The van der Waals surface area contributed by atoms with E-state index in [9.17, 15) is 0 Å². The smallest absolute Gasteiger partial charge is 0.302 e. The highest BCUT2D eigenvalue weighted by Gasteiger charge is 2.08. The van der Waals surface area contributed by atoms with Gasteiger partial charge in [-0.05, 0) is 12.8 Å². The number of rotatable bonds is 12. The number of unbranched alkanes of at least 4 members (excludes halogenated alkanes) is 9. The van der Waals surface area contributed by atoms with Crippen molar-refractivity contribution in [2.24, 2.45) is 0 Å². The fourth-order valence-corrected chi connectivity index (χ4v) is 2.02. The molecule has 0 saturated carbocycles. The van der Waals surface area contributed by atoms with E-state index in [2.05, 4.69) is 6.92 Å². The maximum Gasteiger partial charge on any atom is 0.302 e. The molecule has 0 spiro atoms. The second kappa shape index (κ2) is 15.2. The highest BCUT2D eigenvalue weighted by molar-refractivity contribution is 4.46. The number of hydrogen-bond donors (Lipinski definition) is 3. The van der Waals surface area contributed by atoms with E-state index in [-0.39, 0.29) is 12.4 Å². The van der Waals surface area contributed by atoms with Crippen molar-refractivity contribution in [3.63, 3.8) is 0 Å². The van der Waals surface area contributed by atoms with E-state index in [1.165, 1.54) is 57.8 Å². The Bertz CT molecular complexity index is 157. The average molecular weight is 282 g/mol. The van der Waals surface area contributed by atoms with E-state index < -0.39 is 6.41 Å². The molecular weight excluding hydrogens is 250 g/mol. The van der Waals surface area contributed by atoms with E-state index in [1.54, 1.807) is 0 Å². The predicted molar refractivity (Wildman–Crippen MR) is 71.8 cm³/mol. The van der Waals surface area contributed by atoms with Crippen molar-refractivity contribution >= 4 is 0 Å². The van der Waals surface area contributed by atoms with Crippen LogP contribution >= 0.6 is 0 Å². The molecule has 0 radical (unpaired) electrons. The molecule has 0 aliphatic carbocycles. The SMILES string of the molecule is CCCCCCCCCCCC[NH+](C)C(O)O.[Cl-]. The second-order valence-electron chi connectivity index (χ2n) is 5.15. The fraction of sp³-hybridized carbons (Fsp3) is 1.00. The lowest BCUT2D eigenvalue weighted by atomic mass is 10.1. The number of halogens is 1. The van der Waals surface area contributed by atoms with Crippen LogP contribution in [-0.4, -0.2) is 30.2 Å². The quantitative estimate of drug-likeness (QED) is 0.307. The Labute approximate surface area is 119 Å². The minimum absolute atomic E-state index is 0. The van der Waals surface area contributed by atoms with Gasteiger partial charge in [-0.25, -0.2) is 0 Å². The Balaban J connectivity index is 0. The summed E-state index contributed by atoms with van der Waals surface area (Å²) in [4.78, 5) is 0.796. The van der Waals surface area contributed by atoms with Crippen molar-refractivity contribution in [2.45, 2.75) is 77.5 Å². The lowest BCUT2D eigenvalue weighted by molar-refractivity contribution is -0.954. The van der Waals surface area contributed by atoms with Crippen molar-refractivity contribution in [3.8, 4) is 0 Å². The monoisotopic (exact) mass is 281 g/mol. The van der Waals surface area contributed by atoms with E-state index in [0.717, 1.165) is 17.9 Å². The summed E-state index contributed by atoms with van der Waals surface area (Å²) in [5, 5.41) is 17.8. The van der Waals surface area contributed by atoms with Gasteiger partial charge in [-0.1, -0.05) is 58.3 Å². The molecule has 0 aromatic heterocycles. The van der Waals surface area contributed by atoms with Gasteiger partial charge in [-0.3, -0.25) is 4.90 Å². The summed E-state index contributed by atoms with van der Waals surface area (Å²) in [5.41, 5.74) is 0. The first-order chi connectivity index (χ1) is 8.18. The predicted octanol–water partition coefficient (Wildman–Crippen LogP) is -1.31. The standard InChI is InChI=1S/C14H31NO2.ClH/c1-3-4-5-6-7-8-9-10-11-12-13-15(2)14(16)17;/h14,16-17H,3-13H2,1-2H3;1H. The Morgan fingerprint density at radius 3 is 1.56 bits per heavy atom. The zero-order valence-corrected chi connectivity index (χ0v) is 12.9. The van der Waals surface area contributed by atoms with Gasteiger partial charge in [0.15, 0.2) is 0 Å².